The van der Waals surface area contributed by atoms with Crippen LogP contribution in [0, 0.1) is 23.7 Å². The summed E-state index contributed by atoms with van der Waals surface area (Å²) in [6.45, 7) is 1.30. The maximum Gasteiger partial charge on any atom is 0.310 e. The van der Waals surface area contributed by atoms with E-state index in [4.69, 9.17) is 4.74 Å². The highest BCUT2D eigenvalue weighted by Crippen LogP contribution is 2.49. The van der Waals surface area contributed by atoms with Gasteiger partial charge in [-0.1, -0.05) is 6.42 Å². The topological polar surface area (TPSA) is 46.6 Å². The van der Waals surface area contributed by atoms with Crippen molar-refractivity contribution in [3.8, 4) is 0 Å². The van der Waals surface area contributed by atoms with Crippen molar-refractivity contribution in [1.82, 2.24) is 4.90 Å². The highest BCUT2D eigenvalue weighted by molar-refractivity contribution is 5.81. The molecule has 1 aliphatic heterocycles. The number of esters is 1. The molecule has 0 spiro atoms. The van der Waals surface area contributed by atoms with Crippen molar-refractivity contribution in [2.75, 3.05) is 20.2 Å². The van der Waals surface area contributed by atoms with E-state index < -0.39 is 0 Å². The first kappa shape index (κ1) is 12.0. The molecule has 1 amide bonds. The van der Waals surface area contributed by atoms with Gasteiger partial charge in [0, 0.05) is 19.0 Å². The average molecular weight is 251 g/mol. The Morgan fingerprint density at radius 2 is 2.00 bits per heavy atom. The molecule has 2 bridgehead atoms. The van der Waals surface area contributed by atoms with Crippen molar-refractivity contribution in [2.24, 2.45) is 23.7 Å². The number of ether oxygens (including phenoxy) is 1. The number of likely N-dealkylation sites (tertiary alicyclic amines) is 1. The van der Waals surface area contributed by atoms with Crippen molar-refractivity contribution in [1.29, 1.82) is 0 Å². The van der Waals surface area contributed by atoms with Crippen molar-refractivity contribution >= 4 is 11.9 Å². The van der Waals surface area contributed by atoms with Gasteiger partial charge in [0.2, 0.25) is 5.91 Å². The zero-order valence-electron chi connectivity index (χ0n) is 10.9. The summed E-state index contributed by atoms with van der Waals surface area (Å²) in [5, 5.41) is 0. The van der Waals surface area contributed by atoms with E-state index in [0.29, 0.717) is 18.4 Å². The van der Waals surface area contributed by atoms with E-state index in [0.717, 1.165) is 25.3 Å². The van der Waals surface area contributed by atoms with Crippen molar-refractivity contribution in [3.63, 3.8) is 0 Å². The van der Waals surface area contributed by atoms with Gasteiger partial charge in [0.1, 0.15) is 0 Å². The van der Waals surface area contributed by atoms with Gasteiger partial charge in [-0.05, 0) is 37.5 Å². The quantitative estimate of drug-likeness (QED) is 0.698. The first-order chi connectivity index (χ1) is 8.69. The average Bonchev–Trinajstić information content (AvgIpc) is 3.11. The van der Waals surface area contributed by atoms with Gasteiger partial charge in [0.05, 0.1) is 13.0 Å². The predicted molar refractivity (Wildman–Crippen MR) is 65.6 cm³/mol. The Morgan fingerprint density at radius 1 is 1.17 bits per heavy atom. The van der Waals surface area contributed by atoms with Gasteiger partial charge >= 0.3 is 5.97 Å². The van der Waals surface area contributed by atoms with Gasteiger partial charge in [-0.2, -0.15) is 0 Å². The number of fused-ring (bicyclic) bond motifs is 2. The SMILES string of the molecule is COC(=O)C1CCN(C(=O)C2CC3CCC2C3)C1. The molecule has 3 fully saturated rings. The number of hydrogen-bond acceptors (Lipinski definition) is 3. The van der Waals surface area contributed by atoms with Gasteiger partial charge in [-0.25, -0.2) is 0 Å². The second-order valence-corrected chi connectivity index (χ2v) is 6.07. The molecule has 4 atom stereocenters. The summed E-state index contributed by atoms with van der Waals surface area (Å²) in [5.74, 6) is 1.70. The van der Waals surface area contributed by atoms with Crippen LogP contribution in [0.5, 0.6) is 0 Å². The van der Waals surface area contributed by atoms with Crippen LogP contribution in [0.15, 0.2) is 0 Å². The number of nitrogens with zero attached hydrogens (tertiary/aromatic N) is 1. The minimum atomic E-state index is -0.168. The van der Waals surface area contributed by atoms with Crippen molar-refractivity contribution in [2.45, 2.75) is 32.1 Å². The van der Waals surface area contributed by atoms with Crippen LogP contribution >= 0.6 is 0 Å². The van der Waals surface area contributed by atoms with Crippen LogP contribution in [-0.2, 0) is 14.3 Å². The highest BCUT2D eigenvalue weighted by atomic mass is 16.5. The predicted octanol–water partition coefficient (Wildman–Crippen LogP) is 1.44. The molecule has 2 aliphatic carbocycles. The number of methoxy groups -OCH3 is 1. The van der Waals surface area contributed by atoms with E-state index >= 15 is 0 Å². The number of rotatable bonds is 2. The molecule has 1 heterocycles. The summed E-state index contributed by atoms with van der Waals surface area (Å²) >= 11 is 0. The number of carbonyl (C=O) groups is 2. The van der Waals surface area contributed by atoms with Gasteiger partial charge in [0.15, 0.2) is 0 Å². The molecule has 18 heavy (non-hydrogen) atoms. The monoisotopic (exact) mass is 251 g/mol. The molecule has 0 aromatic carbocycles. The lowest BCUT2D eigenvalue weighted by Crippen LogP contribution is -2.37. The Morgan fingerprint density at radius 3 is 2.61 bits per heavy atom. The van der Waals surface area contributed by atoms with E-state index in [1.54, 1.807) is 0 Å². The fourth-order valence-corrected chi connectivity index (χ4v) is 4.10. The third kappa shape index (κ3) is 1.91. The van der Waals surface area contributed by atoms with Crippen LogP contribution in [-0.4, -0.2) is 37.0 Å². The highest BCUT2D eigenvalue weighted by Gasteiger charge is 2.45. The molecular weight excluding hydrogens is 230 g/mol. The lowest BCUT2D eigenvalue weighted by Gasteiger charge is -2.26. The van der Waals surface area contributed by atoms with Crippen LogP contribution in [0.3, 0.4) is 0 Å². The van der Waals surface area contributed by atoms with Crippen LogP contribution in [0.1, 0.15) is 32.1 Å². The summed E-state index contributed by atoms with van der Waals surface area (Å²) in [6, 6.07) is 0. The first-order valence-electron chi connectivity index (χ1n) is 7.05. The third-order valence-electron chi connectivity index (χ3n) is 5.09. The maximum atomic E-state index is 12.5. The van der Waals surface area contributed by atoms with E-state index in [9.17, 15) is 9.59 Å². The molecule has 0 aromatic rings. The second-order valence-electron chi connectivity index (χ2n) is 6.07. The molecule has 1 saturated heterocycles. The summed E-state index contributed by atoms with van der Waals surface area (Å²) in [6.07, 6.45) is 5.65. The molecule has 3 aliphatic rings. The fourth-order valence-electron chi connectivity index (χ4n) is 4.10. The maximum absolute atomic E-state index is 12.5. The molecule has 100 valence electrons. The summed E-state index contributed by atoms with van der Waals surface area (Å²) in [4.78, 5) is 25.8. The number of amides is 1. The largest absolute Gasteiger partial charge is 0.469 e. The van der Waals surface area contributed by atoms with Crippen LogP contribution < -0.4 is 0 Å². The lowest BCUT2D eigenvalue weighted by molar-refractivity contribution is -0.145. The first-order valence-corrected chi connectivity index (χ1v) is 7.05. The Hall–Kier alpha value is -1.06. The van der Waals surface area contributed by atoms with Gasteiger partial charge < -0.3 is 9.64 Å². The molecular formula is C14H21NO3. The Balaban J connectivity index is 1.59. The summed E-state index contributed by atoms with van der Waals surface area (Å²) < 4.78 is 4.76. The third-order valence-corrected chi connectivity index (χ3v) is 5.09. The molecule has 4 unspecified atom stereocenters. The molecule has 4 nitrogen and oxygen atoms in total. The minimum absolute atomic E-state index is 0.0995. The van der Waals surface area contributed by atoms with Crippen LogP contribution in [0.25, 0.3) is 0 Å². The van der Waals surface area contributed by atoms with E-state index in [1.807, 2.05) is 4.90 Å². The molecule has 4 heteroatoms. The minimum Gasteiger partial charge on any atom is -0.469 e. The van der Waals surface area contributed by atoms with Gasteiger partial charge in [-0.15, -0.1) is 0 Å². The van der Waals surface area contributed by atoms with Crippen LogP contribution in [0.2, 0.25) is 0 Å². The van der Waals surface area contributed by atoms with E-state index in [1.165, 1.54) is 26.4 Å². The fraction of sp³-hybridized carbons (Fsp3) is 0.857. The Bertz CT molecular complexity index is 368. The van der Waals surface area contributed by atoms with Crippen LogP contribution in [0.4, 0.5) is 0 Å². The van der Waals surface area contributed by atoms with Gasteiger partial charge in [0.25, 0.3) is 0 Å². The zero-order chi connectivity index (χ0) is 12.7. The van der Waals surface area contributed by atoms with E-state index in [2.05, 4.69) is 0 Å². The molecule has 3 rings (SSSR count). The van der Waals surface area contributed by atoms with Gasteiger partial charge in [-0.3, -0.25) is 9.59 Å². The molecule has 0 N–H and O–H groups in total. The lowest BCUT2D eigenvalue weighted by atomic mass is 9.88. The standard InChI is InChI=1S/C14H21NO3/c1-18-14(17)11-4-5-15(8-11)13(16)12-7-9-2-3-10(12)6-9/h9-12H,2-8H2,1H3. The summed E-state index contributed by atoms with van der Waals surface area (Å²) in [5.41, 5.74) is 0. The smallest absolute Gasteiger partial charge is 0.310 e. The Kier molecular flexibility index (Phi) is 3.04. The Labute approximate surface area is 108 Å². The summed E-state index contributed by atoms with van der Waals surface area (Å²) in [7, 11) is 1.42. The number of hydrogen-bond donors (Lipinski definition) is 0. The molecule has 0 radical (unpaired) electrons. The zero-order valence-corrected chi connectivity index (χ0v) is 10.9. The van der Waals surface area contributed by atoms with Crippen molar-refractivity contribution in [3.05, 3.63) is 0 Å². The van der Waals surface area contributed by atoms with E-state index in [-0.39, 0.29) is 17.8 Å². The molecule has 0 aromatic heterocycles. The molecule has 2 saturated carbocycles. The number of carbonyl (C=O) groups excluding carboxylic acids is 2. The second kappa shape index (κ2) is 4.56. The van der Waals surface area contributed by atoms with Crippen molar-refractivity contribution < 1.29 is 14.3 Å². The normalized spacial score (nSPS) is 38.2.